The largest absolute Gasteiger partial charge is 0.485 e. The van der Waals surface area contributed by atoms with Crippen LogP contribution in [0.4, 0.5) is 0 Å². The lowest BCUT2D eigenvalue weighted by Gasteiger charge is -2.30. The van der Waals surface area contributed by atoms with Crippen molar-refractivity contribution in [1.82, 2.24) is 0 Å². The molecule has 0 N–H and O–H groups in total. The lowest BCUT2D eigenvalue weighted by molar-refractivity contribution is 0.225. The SMILES string of the molecule is CC1Oc2ccc(Cl)cc2-c2c3c(c4ccccc4c21)CCC3. The van der Waals surface area contributed by atoms with Crippen LogP contribution in [0.1, 0.15) is 36.1 Å². The first-order chi connectivity index (χ1) is 11.2. The second-order valence-corrected chi connectivity index (χ2v) is 6.98. The molecule has 0 bridgehead atoms. The molecule has 0 saturated heterocycles. The van der Waals surface area contributed by atoms with E-state index >= 15 is 0 Å². The third kappa shape index (κ3) is 1.80. The van der Waals surface area contributed by atoms with Crippen LogP contribution in [0.3, 0.4) is 0 Å². The monoisotopic (exact) mass is 320 g/mol. The molecule has 1 heterocycles. The van der Waals surface area contributed by atoms with E-state index in [2.05, 4.69) is 37.3 Å². The van der Waals surface area contributed by atoms with Crippen molar-refractivity contribution in [2.24, 2.45) is 0 Å². The predicted octanol–water partition coefficient (Wildman–Crippen LogP) is 6.10. The molecule has 0 saturated carbocycles. The number of hydrogen-bond acceptors (Lipinski definition) is 1. The third-order valence-electron chi connectivity index (χ3n) is 5.25. The molecule has 23 heavy (non-hydrogen) atoms. The molecular formula is C21H17ClO. The quantitative estimate of drug-likeness (QED) is 0.486. The van der Waals surface area contributed by atoms with E-state index in [4.69, 9.17) is 16.3 Å². The fraction of sp³-hybridized carbons (Fsp3) is 0.238. The summed E-state index contributed by atoms with van der Waals surface area (Å²) in [6, 6.07) is 14.8. The van der Waals surface area contributed by atoms with Crippen molar-refractivity contribution in [3.05, 3.63) is 64.2 Å². The van der Waals surface area contributed by atoms with Gasteiger partial charge in [0.05, 0.1) is 0 Å². The Morgan fingerprint density at radius 2 is 1.78 bits per heavy atom. The summed E-state index contributed by atoms with van der Waals surface area (Å²) in [5, 5.41) is 3.51. The van der Waals surface area contributed by atoms with E-state index in [1.54, 1.807) is 0 Å². The summed E-state index contributed by atoms with van der Waals surface area (Å²) in [7, 11) is 0. The molecule has 0 radical (unpaired) electrons. The standard InChI is InChI=1S/C21H17ClO/c1-12-20-16-6-3-2-5-14(16)15-7-4-8-17(15)21(20)18-11-13(22)9-10-19(18)23-12/h2-3,5-6,9-12H,4,7-8H2,1H3. The number of benzene rings is 3. The van der Waals surface area contributed by atoms with Crippen molar-refractivity contribution in [2.75, 3.05) is 0 Å². The minimum atomic E-state index is 0.0643. The van der Waals surface area contributed by atoms with Crippen LogP contribution in [-0.4, -0.2) is 0 Å². The fourth-order valence-electron chi connectivity index (χ4n) is 4.37. The Kier molecular flexibility index (Phi) is 2.78. The first-order valence-electron chi connectivity index (χ1n) is 8.27. The molecule has 0 fully saturated rings. The van der Waals surface area contributed by atoms with E-state index in [0.29, 0.717) is 0 Å². The van der Waals surface area contributed by atoms with E-state index in [-0.39, 0.29) is 6.10 Å². The maximum atomic E-state index is 6.29. The van der Waals surface area contributed by atoms with Crippen LogP contribution >= 0.6 is 11.6 Å². The molecule has 1 aliphatic heterocycles. The lowest BCUT2D eigenvalue weighted by atomic mass is 9.83. The molecule has 1 aliphatic carbocycles. The maximum Gasteiger partial charge on any atom is 0.128 e. The molecule has 1 unspecified atom stereocenters. The molecule has 0 spiro atoms. The average molecular weight is 321 g/mol. The molecule has 5 rings (SSSR count). The van der Waals surface area contributed by atoms with Crippen LogP contribution in [-0.2, 0) is 12.8 Å². The summed E-state index contributed by atoms with van der Waals surface area (Å²) in [5.41, 5.74) is 6.91. The molecule has 114 valence electrons. The minimum Gasteiger partial charge on any atom is -0.485 e. The summed E-state index contributed by atoms with van der Waals surface area (Å²) < 4.78 is 6.22. The summed E-state index contributed by atoms with van der Waals surface area (Å²) in [5.74, 6) is 0.957. The highest BCUT2D eigenvalue weighted by Crippen LogP contribution is 2.50. The van der Waals surface area contributed by atoms with E-state index in [0.717, 1.165) is 22.8 Å². The zero-order chi connectivity index (χ0) is 15.6. The van der Waals surface area contributed by atoms with Gasteiger partial charge in [-0.2, -0.15) is 0 Å². The van der Waals surface area contributed by atoms with Gasteiger partial charge < -0.3 is 4.74 Å². The molecule has 3 aromatic rings. The molecule has 2 aliphatic rings. The average Bonchev–Trinajstić information content (AvgIpc) is 3.05. The van der Waals surface area contributed by atoms with E-state index in [9.17, 15) is 0 Å². The third-order valence-corrected chi connectivity index (χ3v) is 5.49. The van der Waals surface area contributed by atoms with E-state index in [1.165, 1.54) is 45.9 Å². The number of fused-ring (bicyclic) bond motifs is 8. The van der Waals surface area contributed by atoms with E-state index in [1.807, 2.05) is 12.1 Å². The molecule has 2 heteroatoms. The smallest absolute Gasteiger partial charge is 0.128 e. The summed E-state index contributed by atoms with van der Waals surface area (Å²) in [6.07, 6.45) is 3.63. The van der Waals surface area contributed by atoms with Crippen molar-refractivity contribution in [2.45, 2.75) is 32.3 Å². The highest BCUT2D eigenvalue weighted by molar-refractivity contribution is 6.31. The van der Waals surface area contributed by atoms with Gasteiger partial charge in [-0.3, -0.25) is 0 Å². The molecule has 1 nitrogen and oxygen atoms in total. The van der Waals surface area contributed by atoms with Crippen molar-refractivity contribution >= 4 is 22.4 Å². The van der Waals surface area contributed by atoms with Crippen LogP contribution in [0.2, 0.25) is 5.02 Å². The van der Waals surface area contributed by atoms with Crippen molar-refractivity contribution in [1.29, 1.82) is 0 Å². The van der Waals surface area contributed by atoms with Gasteiger partial charge in [0.15, 0.2) is 0 Å². The first kappa shape index (κ1) is 13.4. The van der Waals surface area contributed by atoms with Crippen LogP contribution in [0.5, 0.6) is 5.75 Å². The zero-order valence-electron chi connectivity index (χ0n) is 13.0. The van der Waals surface area contributed by atoms with Crippen LogP contribution in [0.25, 0.3) is 21.9 Å². The summed E-state index contributed by atoms with van der Waals surface area (Å²) >= 11 is 6.29. The Labute approximate surface area is 140 Å². The second kappa shape index (κ2) is 4.75. The van der Waals surface area contributed by atoms with Gasteiger partial charge in [-0.25, -0.2) is 0 Å². The Hall–Kier alpha value is -1.99. The second-order valence-electron chi connectivity index (χ2n) is 6.55. The molecule has 3 aromatic carbocycles. The maximum absolute atomic E-state index is 6.29. The molecule has 0 aromatic heterocycles. The minimum absolute atomic E-state index is 0.0643. The van der Waals surface area contributed by atoms with Crippen molar-refractivity contribution in [3.8, 4) is 16.9 Å². The van der Waals surface area contributed by atoms with Gasteiger partial charge in [0.1, 0.15) is 11.9 Å². The Morgan fingerprint density at radius 1 is 1.00 bits per heavy atom. The van der Waals surface area contributed by atoms with E-state index < -0.39 is 0 Å². The number of aryl methyl sites for hydroxylation is 1. The van der Waals surface area contributed by atoms with Gasteiger partial charge >= 0.3 is 0 Å². The van der Waals surface area contributed by atoms with Gasteiger partial charge in [0.25, 0.3) is 0 Å². The van der Waals surface area contributed by atoms with Crippen LogP contribution in [0.15, 0.2) is 42.5 Å². The van der Waals surface area contributed by atoms with Gasteiger partial charge in [0.2, 0.25) is 0 Å². The number of ether oxygens (including phenoxy) is 1. The lowest BCUT2D eigenvalue weighted by Crippen LogP contribution is -2.13. The summed E-state index contributed by atoms with van der Waals surface area (Å²) in [4.78, 5) is 0. The van der Waals surface area contributed by atoms with Gasteiger partial charge in [-0.1, -0.05) is 35.9 Å². The van der Waals surface area contributed by atoms with Crippen molar-refractivity contribution in [3.63, 3.8) is 0 Å². The first-order valence-corrected chi connectivity index (χ1v) is 8.65. The Bertz CT molecular complexity index is 958. The van der Waals surface area contributed by atoms with Gasteiger partial charge in [-0.15, -0.1) is 0 Å². The predicted molar refractivity (Wildman–Crippen MR) is 95.5 cm³/mol. The van der Waals surface area contributed by atoms with Gasteiger partial charge in [0, 0.05) is 16.1 Å². The summed E-state index contributed by atoms with van der Waals surface area (Å²) in [6.45, 7) is 2.16. The fourth-order valence-corrected chi connectivity index (χ4v) is 4.55. The Morgan fingerprint density at radius 3 is 2.65 bits per heavy atom. The number of hydrogen-bond donors (Lipinski definition) is 0. The Balaban J connectivity index is 1.98. The number of halogens is 1. The number of rotatable bonds is 0. The molecule has 0 amide bonds. The zero-order valence-corrected chi connectivity index (χ0v) is 13.8. The topological polar surface area (TPSA) is 9.23 Å². The van der Waals surface area contributed by atoms with Crippen LogP contribution in [0, 0.1) is 0 Å². The molecule has 1 atom stereocenters. The molecular weight excluding hydrogens is 304 g/mol. The highest BCUT2D eigenvalue weighted by Gasteiger charge is 2.31. The van der Waals surface area contributed by atoms with Gasteiger partial charge in [-0.05, 0) is 71.8 Å². The van der Waals surface area contributed by atoms with Crippen LogP contribution < -0.4 is 4.74 Å². The van der Waals surface area contributed by atoms with Crippen molar-refractivity contribution < 1.29 is 4.74 Å². The normalized spacial score (nSPS) is 18.3. The highest BCUT2D eigenvalue weighted by atomic mass is 35.5.